The highest BCUT2D eigenvalue weighted by atomic mass is 79.9. The number of aliphatic hydroxyl groups excluding tert-OH is 1. The lowest BCUT2D eigenvalue weighted by Crippen LogP contribution is -2.10. The number of alkyl halides is 1. The van der Waals surface area contributed by atoms with Crippen LogP contribution < -0.4 is 0 Å². The number of thioether (sulfide) groups is 1. The first-order valence-corrected chi connectivity index (χ1v) is 6.33. The summed E-state index contributed by atoms with van der Waals surface area (Å²) in [7, 11) is 0. The minimum Gasteiger partial charge on any atom is -0.391 e. The summed E-state index contributed by atoms with van der Waals surface area (Å²) >= 11 is 10.6. The fraction of sp³-hybridized carbons (Fsp3) is 0.333. The SMILES string of the molecule is OC(CBr)CSc1ccc(Cl)cc1. The third kappa shape index (κ3) is 4.36. The van der Waals surface area contributed by atoms with Gasteiger partial charge < -0.3 is 5.11 Å². The molecule has 0 aliphatic carbocycles. The quantitative estimate of drug-likeness (QED) is 0.676. The van der Waals surface area contributed by atoms with Crippen molar-refractivity contribution in [2.75, 3.05) is 11.1 Å². The van der Waals surface area contributed by atoms with E-state index in [4.69, 9.17) is 11.6 Å². The van der Waals surface area contributed by atoms with Crippen LogP contribution in [0.2, 0.25) is 5.02 Å². The predicted octanol–water partition coefficient (Wildman–Crippen LogP) is 3.19. The van der Waals surface area contributed by atoms with E-state index in [0.717, 1.165) is 9.92 Å². The maximum Gasteiger partial charge on any atom is 0.0730 e. The molecule has 4 heteroatoms. The molecule has 0 spiro atoms. The van der Waals surface area contributed by atoms with Crippen LogP contribution in [0, 0.1) is 0 Å². The van der Waals surface area contributed by atoms with Crippen LogP contribution in [-0.4, -0.2) is 22.3 Å². The van der Waals surface area contributed by atoms with Crippen molar-refractivity contribution in [2.45, 2.75) is 11.0 Å². The van der Waals surface area contributed by atoms with Crippen molar-refractivity contribution in [1.29, 1.82) is 0 Å². The van der Waals surface area contributed by atoms with Crippen LogP contribution in [0.4, 0.5) is 0 Å². The number of aliphatic hydroxyl groups is 1. The maximum atomic E-state index is 9.28. The number of hydrogen-bond donors (Lipinski definition) is 1. The second-order valence-corrected chi connectivity index (χ2v) is 4.75. The third-order valence-corrected chi connectivity index (χ3v) is 3.59. The van der Waals surface area contributed by atoms with E-state index >= 15 is 0 Å². The van der Waals surface area contributed by atoms with Crippen molar-refractivity contribution in [2.24, 2.45) is 0 Å². The molecule has 0 saturated carbocycles. The molecule has 1 atom stereocenters. The Labute approximate surface area is 95.6 Å². The summed E-state index contributed by atoms with van der Waals surface area (Å²) in [6, 6.07) is 7.61. The zero-order valence-electron chi connectivity index (χ0n) is 6.91. The molecule has 13 heavy (non-hydrogen) atoms. The second kappa shape index (κ2) is 5.91. The Balaban J connectivity index is 2.41. The third-order valence-electron chi connectivity index (χ3n) is 1.43. The van der Waals surface area contributed by atoms with Gasteiger partial charge in [-0.3, -0.25) is 0 Å². The second-order valence-electron chi connectivity index (χ2n) is 2.57. The lowest BCUT2D eigenvalue weighted by molar-refractivity contribution is 0.226. The lowest BCUT2D eigenvalue weighted by atomic mass is 10.4. The van der Waals surface area contributed by atoms with Gasteiger partial charge in [0.2, 0.25) is 0 Å². The molecule has 0 aliphatic rings. The molecule has 0 bridgehead atoms. The molecule has 1 aromatic carbocycles. The number of rotatable bonds is 4. The van der Waals surface area contributed by atoms with Crippen LogP contribution in [0.1, 0.15) is 0 Å². The summed E-state index contributed by atoms with van der Waals surface area (Å²) < 4.78 is 0. The van der Waals surface area contributed by atoms with Gasteiger partial charge in [-0.05, 0) is 24.3 Å². The van der Waals surface area contributed by atoms with Crippen molar-refractivity contribution in [3.63, 3.8) is 0 Å². The Bertz CT molecular complexity index is 252. The predicted molar refractivity (Wildman–Crippen MR) is 62.0 cm³/mol. The van der Waals surface area contributed by atoms with E-state index < -0.39 is 0 Å². The van der Waals surface area contributed by atoms with E-state index in [1.54, 1.807) is 11.8 Å². The zero-order valence-corrected chi connectivity index (χ0v) is 10.1. The smallest absolute Gasteiger partial charge is 0.0730 e. The van der Waals surface area contributed by atoms with Gasteiger partial charge >= 0.3 is 0 Å². The number of benzene rings is 1. The van der Waals surface area contributed by atoms with E-state index in [1.807, 2.05) is 24.3 Å². The summed E-state index contributed by atoms with van der Waals surface area (Å²) in [4.78, 5) is 1.13. The molecule has 0 amide bonds. The molecule has 0 radical (unpaired) electrons. The van der Waals surface area contributed by atoms with Crippen LogP contribution in [0.3, 0.4) is 0 Å². The van der Waals surface area contributed by atoms with Crippen LogP contribution in [0.25, 0.3) is 0 Å². The molecule has 0 aliphatic heterocycles. The summed E-state index contributed by atoms with van der Waals surface area (Å²) in [5, 5.41) is 10.6. The van der Waals surface area contributed by atoms with Gasteiger partial charge in [0.25, 0.3) is 0 Å². The van der Waals surface area contributed by atoms with Gasteiger partial charge in [-0.15, -0.1) is 11.8 Å². The van der Waals surface area contributed by atoms with Crippen molar-refractivity contribution in [3.05, 3.63) is 29.3 Å². The summed E-state index contributed by atoms with van der Waals surface area (Å²) in [5.41, 5.74) is 0. The largest absolute Gasteiger partial charge is 0.391 e. The monoisotopic (exact) mass is 280 g/mol. The Morgan fingerprint density at radius 1 is 1.38 bits per heavy atom. The molecule has 1 N–H and O–H groups in total. The van der Waals surface area contributed by atoms with Gasteiger partial charge in [0, 0.05) is 21.0 Å². The fourth-order valence-electron chi connectivity index (χ4n) is 0.768. The summed E-state index contributed by atoms with van der Waals surface area (Å²) in [5.74, 6) is 0.701. The van der Waals surface area contributed by atoms with Crippen molar-refractivity contribution < 1.29 is 5.11 Å². The van der Waals surface area contributed by atoms with Crippen LogP contribution in [0.5, 0.6) is 0 Å². The minimum absolute atomic E-state index is 0.291. The highest BCUT2D eigenvalue weighted by Gasteiger charge is 2.02. The van der Waals surface area contributed by atoms with Crippen molar-refractivity contribution >= 4 is 39.3 Å². The van der Waals surface area contributed by atoms with Crippen molar-refractivity contribution in [3.8, 4) is 0 Å². The average molecular weight is 282 g/mol. The first kappa shape index (κ1) is 11.4. The molecular weight excluding hydrogens is 272 g/mol. The average Bonchev–Trinajstić information content (AvgIpc) is 2.16. The molecule has 72 valence electrons. The van der Waals surface area contributed by atoms with Gasteiger partial charge in [0.15, 0.2) is 0 Å². The maximum absolute atomic E-state index is 9.28. The first-order chi connectivity index (χ1) is 6.22. The minimum atomic E-state index is -0.291. The van der Waals surface area contributed by atoms with Gasteiger partial charge in [-0.25, -0.2) is 0 Å². The Morgan fingerprint density at radius 2 is 2.00 bits per heavy atom. The van der Waals surface area contributed by atoms with Crippen LogP contribution in [0.15, 0.2) is 29.2 Å². The van der Waals surface area contributed by atoms with Gasteiger partial charge in [0.1, 0.15) is 0 Å². The molecule has 1 rings (SSSR count). The van der Waals surface area contributed by atoms with Crippen LogP contribution >= 0.6 is 39.3 Å². The molecule has 0 heterocycles. The standard InChI is InChI=1S/C9H10BrClOS/c10-5-8(12)6-13-9-3-1-7(11)2-4-9/h1-4,8,12H,5-6H2. The van der Waals surface area contributed by atoms with Gasteiger partial charge in [-0.2, -0.15) is 0 Å². The summed E-state index contributed by atoms with van der Waals surface area (Å²) in [6.07, 6.45) is -0.291. The van der Waals surface area contributed by atoms with E-state index in [0.29, 0.717) is 11.1 Å². The topological polar surface area (TPSA) is 20.2 Å². The van der Waals surface area contributed by atoms with Crippen LogP contribution in [-0.2, 0) is 0 Å². The molecule has 0 saturated heterocycles. The zero-order chi connectivity index (χ0) is 9.68. The Hall–Kier alpha value is 0.300. The molecule has 1 aromatic rings. The number of halogens is 2. The number of hydrogen-bond acceptors (Lipinski definition) is 2. The summed E-state index contributed by atoms with van der Waals surface area (Å²) in [6.45, 7) is 0. The molecule has 1 unspecified atom stereocenters. The van der Waals surface area contributed by atoms with E-state index in [9.17, 15) is 5.11 Å². The Kier molecular flexibility index (Phi) is 5.17. The first-order valence-electron chi connectivity index (χ1n) is 3.85. The molecule has 1 nitrogen and oxygen atoms in total. The normalized spacial score (nSPS) is 12.8. The van der Waals surface area contributed by atoms with E-state index in [2.05, 4.69) is 15.9 Å². The molecule has 0 fully saturated rings. The Morgan fingerprint density at radius 3 is 2.54 bits per heavy atom. The van der Waals surface area contributed by atoms with E-state index in [-0.39, 0.29) is 6.10 Å². The molecular formula is C9H10BrClOS. The van der Waals surface area contributed by atoms with E-state index in [1.165, 1.54) is 0 Å². The van der Waals surface area contributed by atoms with Crippen molar-refractivity contribution in [1.82, 2.24) is 0 Å². The van der Waals surface area contributed by atoms with Gasteiger partial charge in [0.05, 0.1) is 6.10 Å². The van der Waals surface area contributed by atoms with Gasteiger partial charge in [-0.1, -0.05) is 27.5 Å². The highest BCUT2D eigenvalue weighted by Crippen LogP contribution is 2.21. The molecule has 0 aromatic heterocycles. The fourth-order valence-corrected chi connectivity index (χ4v) is 2.26. The lowest BCUT2D eigenvalue weighted by Gasteiger charge is -2.05. The highest BCUT2D eigenvalue weighted by molar-refractivity contribution is 9.09.